The molecular formula is C15H23ClN2O2. The number of anilines is 1. The first-order valence-electron chi connectivity index (χ1n) is 6.72. The van der Waals surface area contributed by atoms with Crippen LogP contribution in [-0.4, -0.2) is 24.1 Å². The van der Waals surface area contributed by atoms with Gasteiger partial charge in [0.25, 0.3) is 0 Å². The van der Waals surface area contributed by atoms with E-state index in [1.54, 1.807) is 18.2 Å². The maximum atomic E-state index is 11.7. The first-order chi connectivity index (χ1) is 9.31. The van der Waals surface area contributed by atoms with Crippen molar-refractivity contribution in [1.82, 2.24) is 5.32 Å². The third kappa shape index (κ3) is 6.26. The summed E-state index contributed by atoms with van der Waals surface area (Å²) in [5.74, 6) is -0.0697. The number of aliphatic hydroxyl groups is 1. The van der Waals surface area contributed by atoms with E-state index < -0.39 is 0 Å². The quantitative estimate of drug-likeness (QED) is 0.757. The Kier molecular flexibility index (Phi) is 6.30. The van der Waals surface area contributed by atoms with E-state index in [0.717, 1.165) is 12.0 Å². The van der Waals surface area contributed by atoms with E-state index >= 15 is 0 Å². The lowest BCUT2D eigenvalue weighted by molar-refractivity contribution is -0.119. The molecule has 0 spiro atoms. The van der Waals surface area contributed by atoms with Crippen molar-refractivity contribution in [3.05, 3.63) is 28.8 Å². The third-order valence-corrected chi connectivity index (χ3v) is 3.18. The van der Waals surface area contributed by atoms with Crippen molar-refractivity contribution >= 4 is 23.2 Å². The third-order valence-electron chi connectivity index (χ3n) is 2.85. The molecule has 1 rings (SSSR count). The Hall–Kier alpha value is -1.26. The van der Waals surface area contributed by atoms with Crippen LogP contribution in [0.5, 0.6) is 0 Å². The number of benzene rings is 1. The van der Waals surface area contributed by atoms with E-state index in [1.807, 2.05) is 0 Å². The molecule has 0 unspecified atom stereocenters. The van der Waals surface area contributed by atoms with E-state index in [9.17, 15) is 4.79 Å². The Morgan fingerprint density at radius 3 is 2.65 bits per heavy atom. The minimum Gasteiger partial charge on any atom is -0.392 e. The highest BCUT2D eigenvalue weighted by Gasteiger charge is 2.10. The normalized spacial score (nSPS) is 11.2. The first kappa shape index (κ1) is 16.8. The molecule has 0 fully saturated rings. The molecule has 1 amide bonds. The van der Waals surface area contributed by atoms with Gasteiger partial charge >= 0.3 is 0 Å². The predicted octanol–water partition coefficient (Wildman–Crippen LogP) is 2.80. The molecule has 4 nitrogen and oxygen atoms in total. The zero-order valence-electron chi connectivity index (χ0n) is 12.3. The second-order valence-electron chi connectivity index (χ2n) is 5.99. The van der Waals surface area contributed by atoms with E-state index in [0.29, 0.717) is 17.3 Å². The molecule has 0 aliphatic rings. The lowest BCUT2D eigenvalue weighted by Crippen LogP contribution is -2.32. The topological polar surface area (TPSA) is 61.4 Å². The maximum Gasteiger partial charge on any atom is 0.239 e. The van der Waals surface area contributed by atoms with Crippen LogP contribution in [-0.2, 0) is 11.4 Å². The van der Waals surface area contributed by atoms with E-state index in [-0.39, 0.29) is 24.5 Å². The van der Waals surface area contributed by atoms with Gasteiger partial charge in [-0.25, -0.2) is 0 Å². The fraction of sp³-hybridized carbons (Fsp3) is 0.533. The molecule has 0 radical (unpaired) electrons. The van der Waals surface area contributed by atoms with Gasteiger partial charge in [-0.2, -0.15) is 0 Å². The Morgan fingerprint density at radius 1 is 1.35 bits per heavy atom. The molecule has 1 aromatic rings. The number of carbonyl (C=O) groups excluding carboxylic acids is 1. The summed E-state index contributed by atoms with van der Waals surface area (Å²) in [6.07, 6.45) is 0.930. The number of rotatable bonds is 6. The lowest BCUT2D eigenvalue weighted by atomic mass is 9.92. The zero-order valence-corrected chi connectivity index (χ0v) is 13.0. The van der Waals surface area contributed by atoms with E-state index in [4.69, 9.17) is 16.7 Å². The summed E-state index contributed by atoms with van der Waals surface area (Å²) in [6, 6.07) is 5.19. The molecule has 0 aliphatic carbocycles. The van der Waals surface area contributed by atoms with Gasteiger partial charge in [0, 0.05) is 6.54 Å². The molecule has 0 bridgehead atoms. The number of nitrogens with one attached hydrogen (secondary N) is 2. The average Bonchev–Trinajstić information content (AvgIpc) is 2.36. The number of hydrogen-bond acceptors (Lipinski definition) is 3. The van der Waals surface area contributed by atoms with Gasteiger partial charge in [0.15, 0.2) is 0 Å². The number of hydrogen-bond donors (Lipinski definition) is 3. The van der Waals surface area contributed by atoms with Crippen molar-refractivity contribution in [2.75, 3.05) is 18.4 Å². The van der Waals surface area contributed by atoms with Gasteiger partial charge in [-0.3, -0.25) is 4.79 Å². The maximum absolute atomic E-state index is 11.7. The molecule has 20 heavy (non-hydrogen) atoms. The van der Waals surface area contributed by atoms with Crippen LogP contribution in [0, 0.1) is 5.41 Å². The molecule has 0 atom stereocenters. The number of halogens is 1. The molecular weight excluding hydrogens is 276 g/mol. The summed E-state index contributed by atoms with van der Waals surface area (Å²) in [4.78, 5) is 11.7. The van der Waals surface area contributed by atoms with Crippen LogP contribution >= 0.6 is 11.6 Å². The number of carbonyl (C=O) groups is 1. The number of amides is 1. The van der Waals surface area contributed by atoms with Crippen molar-refractivity contribution in [2.24, 2.45) is 5.41 Å². The second kappa shape index (κ2) is 7.50. The van der Waals surface area contributed by atoms with Crippen molar-refractivity contribution in [2.45, 2.75) is 33.8 Å². The van der Waals surface area contributed by atoms with E-state index in [2.05, 4.69) is 31.4 Å². The largest absolute Gasteiger partial charge is 0.392 e. The fourth-order valence-corrected chi connectivity index (χ4v) is 1.81. The molecule has 0 saturated carbocycles. The average molecular weight is 299 g/mol. The van der Waals surface area contributed by atoms with Gasteiger partial charge in [-0.1, -0.05) is 38.4 Å². The number of aliphatic hydroxyl groups excluding tert-OH is 1. The highest BCUT2D eigenvalue weighted by Crippen LogP contribution is 2.22. The smallest absolute Gasteiger partial charge is 0.239 e. The van der Waals surface area contributed by atoms with Gasteiger partial charge in [-0.05, 0) is 29.5 Å². The van der Waals surface area contributed by atoms with Crippen LogP contribution in [0.1, 0.15) is 32.8 Å². The van der Waals surface area contributed by atoms with Crippen molar-refractivity contribution in [3.63, 3.8) is 0 Å². The molecule has 0 heterocycles. The Bertz CT molecular complexity index is 456. The predicted molar refractivity (Wildman–Crippen MR) is 82.9 cm³/mol. The van der Waals surface area contributed by atoms with Crippen LogP contribution in [0.15, 0.2) is 18.2 Å². The van der Waals surface area contributed by atoms with Crippen molar-refractivity contribution in [1.29, 1.82) is 0 Å². The Labute approximate surface area is 125 Å². The summed E-state index contributed by atoms with van der Waals surface area (Å²) >= 11 is 6.02. The van der Waals surface area contributed by atoms with Crippen LogP contribution in [0.2, 0.25) is 5.02 Å². The summed E-state index contributed by atoms with van der Waals surface area (Å²) in [5, 5.41) is 15.4. The minimum absolute atomic E-state index is 0.0520. The summed E-state index contributed by atoms with van der Waals surface area (Å²) in [7, 11) is 0. The summed E-state index contributed by atoms with van der Waals surface area (Å²) in [6.45, 7) is 7.18. The van der Waals surface area contributed by atoms with Crippen molar-refractivity contribution < 1.29 is 9.90 Å². The fourth-order valence-electron chi connectivity index (χ4n) is 1.62. The van der Waals surface area contributed by atoms with Crippen LogP contribution in [0.4, 0.5) is 5.69 Å². The minimum atomic E-state index is -0.0697. The second-order valence-corrected chi connectivity index (χ2v) is 6.39. The summed E-state index contributed by atoms with van der Waals surface area (Å²) < 4.78 is 0. The lowest BCUT2D eigenvalue weighted by Gasteiger charge is -2.18. The molecule has 0 aliphatic heterocycles. The Morgan fingerprint density at radius 2 is 2.05 bits per heavy atom. The van der Waals surface area contributed by atoms with Gasteiger partial charge < -0.3 is 15.7 Å². The Balaban J connectivity index is 2.41. The van der Waals surface area contributed by atoms with Gasteiger partial charge in [0.2, 0.25) is 5.91 Å². The molecule has 0 aromatic heterocycles. The van der Waals surface area contributed by atoms with Crippen molar-refractivity contribution in [3.8, 4) is 0 Å². The SMILES string of the molecule is CC(C)(C)CCNC(=O)CNc1cc(CO)ccc1Cl. The highest BCUT2D eigenvalue weighted by atomic mass is 35.5. The standard InChI is InChI=1S/C15H23ClN2O2/c1-15(2,3)6-7-17-14(20)9-18-13-8-11(10-19)4-5-12(13)16/h4-5,8,18-19H,6-7,9-10H2,1-3H3,(H,17,20). The van der Waals surface area contributed by atoms with Crippen LogP contribution in [0.25, 0.3) is 0 Å². The first-order valence-corrected chi connectivity index (χ1v) is 7.09. The molecule has 0 saturated heterocycles. The summed E-state index contributed by atoms with van der Waals surface area (Å²) in [5.41, 5.74) is 1.62. The van der Waals surface area contributed by atoms with Gasteiger partial charge in [0.05, 0.1) is 23.9 Å². The molecule has 1 aromatic carbocycles. The van der Waals surface area contributed by atoms with Crippen LogP contribution in [0.3, 0.4) is 0 Å². The zero-order chi connectivity index (χ0) is 15.2. The molecule has 3 N–H and O–H groups in total. The molecule has 5 heteroatoms. The van der Waals surface area contributed by atoms with Crippen LogP contribution < -0.4 is 10.6 Å². The van der Waals surface area contributed by atoms with Gasteiger partial charge in [-0.15, -0.1) is 0 Å². The molecule has 112 valence electrons. The van der Waals surface area contributed by atoms with E-state index in [1.165, 1.54) is 0 Å². The van der Waals surface area contributed by atoms with Gasteiger partial charge in [0.1, 0.15) is 0 Å². The highest BCUT2D eigenvalue weighted by molar-refractivity contribution is 6.33. The monoisotopic (exact) mass is 298 g/mol.